The van der Waals surface area contributed by atoms with Gasteiger partial charge in [-0.25, -0.2) is 0 Å². The van der Waals surface area contributed by atoms with Crippen LogP contribution >= 0.6 is 24.5 Å². The van der Waals surface area contributed by atoms with E-state index in [1.54, 1.807) is 28.1 Å². The molecule has 1 unspecified atom stereocenters. The number of benzene rings is 2. The van der Waals surface area contributed by atoms with E-state index in [9.17, 15) is 74.6 Å². The molecular weight excluding hydrogens is 770 g/mol. The van der Waals surface area contributed by atoms with Crippen molar-refractivity contribution in [3.05, 3.63) is 71.8 Å². The maximum Gasteiger partial charge on any atom is 0.460 e. The molecule has 0 aliphatic carbocycles. The van der Waals surface area contributed by atoms with Crippen LogP contribution in [0.4, 0.5) is 74.6 Å². The van der Waals surface area contributed by atoms with Gasteiger partial charge in [0.25, 0.3) is 0 Å². The highest BCUT2D eigenvalue weighted by molar-refractivity contribution is 9.09. The molecule has 0 fully saturated rings. The second-order valence-corrected chi connectivity index (χ2v) is 11.4. The van der Waals surface area contributed by atoms with E-state index in [4.69, 9.17) is 13.6 Å². The van der Waals surface area contributed by atoms with E-state index in [0.717, 1.165) is 0 Å². The fraction of sp³-hybridized carbons (Fsp3) is 0.500. The second kappa shape index (κ2) is 13.9. The highest BCUT2D eigenvalue weighted by atomic mass is 79.9. The molecule has 2 rings (SSSR count). The Morgan fingerprint density at radius 3 is 1.15 bits per heavy atom. The van der Waals surface area contributed by atoms with E-state index in [-0.39, 0.29) is 0 Å². The molecule has 0 aromatic heterocycles. The fourth-order valence-electron chi connectivity index (χ4n) is 3.12. The van der Waals surface area contributed by atoms with E-state index < -0.39 is 80.9 Å². The molecule has 22 heteroatoms. The zero-order valence-electron chi connectivity index (χ0n) is 21.9. The number of hydrogen-bond donors (Lipinski definition) is 0. The molecule has 0 saturated heterocycles. The standard InChI is InChI=1S/C24H17BrF17O3P/c25-16(13-45-46(43-11-14-7-3-1-4-8-14)44-12-15-9-5-2-6-10-15)17(26,27)18(28,29)19(30,31)20(32,33)21(34,35)22(36,37)23(38,39)24(40,41)42/h1-10,16H,11-13H2. The van der Waals surface area contributed by atoms with Crippen LogP contribution < -0.4 is 0 Å². The summed E-state index contributed by atoms with van der Waals surface area (Å²) in [5.74, 6) is -57.1. The Hall–Kier alpha value is -1.96. The third-order valence-corrected chi connectivity index (χ3v) is 7.70. The first-order valence-corrected chi connectivity index (χ1v) is 13.8. The summed E-state index contributed by atoms with van der Waals surface area (Å²) in [7, 11) is -2.89. The molecule has 0 aliphatic heterocycles. The van der Waals surface area contributed by atoms with Crippen LogP contribution in [0.15, 0.2) is 60.7 Å². The average molecular weight is 787 g/mol. The summed E-state index contributed by atoms with van der Waals surface area (Å²) in [5, 5.41) is 0. The van der Waals surface area contributed by atoms with Crippen molar-refractivity contribution < 1.29 is 88.2 Å². The molecule has 0 heterocycles. The van der Waals surface area contributed by atoms with Crippen molar-refractivity contribution in [1.82, 2.24) is 0 Å². The van der Waals surface area contributed by atoms with Crippen LogP contribution in [0.5, 0.6) is 0 Å². The van der Waals surface area contributed by atoms with Gasteiger partial charge in [-0.2, -0.15) is 74.6 Å². The van der Waals surface area contributed by atoms with Gasteiger partial charge in [0.1, 0.15) is 4.83 Å². The van der Waals surface area contributed by atoms with Crippen LogP contribution in [0.3, 0.4) is 0 Å². The first kappa shape index (κ1) is 40.2. The molecule has 0 radical (unpaired) electrons. The number of halogens is 18. The van der Waals surface area contributed by atoms with Crippen LogP contribution in [-0.2, 0) is 26.8 Å². The molecule has 3 nitrogen and oxygen atoms in total. The maximum atomic E-state index is 14.6. The van der Waals surface area contributed by atoms with Gasteiger partial charge in [-0.15, -0.1) is 0 Å². The van der Waals surface area contributed by atoms with Gasteiger partial charge in [0, 0.05) is 0 Å². The normalized spacial score (nSPS) is 15.4. The maximum absolute atomic E-state index is 14.6. The Balaban J connectivity index is 2.33. The lowest BCUT2D eigenvalue weighted by atomic mass is 9.88. The Kier molecular flexibility index (Phi) is 12.1. The van der Waals surface area contributed by atoms with Crippen molar-refractivity contribution >= 4 is 24.5 Å². The van der Waals surface area contributed by atoms with Crippen LogP contribution in [0.25, 0.3) is 0 Å². The van der Waals surface area contributed by atoms with Gasteiger partial charge >= 0.3 is 56.2 Å². The largest absolute Gasteiger partial charge is 0.460 e. The van der Waals surface area contributed by atoms with Gasteiger partial charge in [-0.1, -0.05) is 76.6 Å². The van der Waals surface area contributed by atoms with E-state index in [1.165, 1.54) is 48.5 Å². The lowest BCUT2D eigenvalue weighted by molar-refractivity contribution is -0.461. The van der Waals surface area contributed by atoms with Crippen LogP contribution in [0, 0.1) is 0 Å². The van der Waals surface area contributed by atoms with Crippen molar-refractivity contribution in [2.45, 2.75) is 65.7 Å². The van der Waals surface area contributed by atoms with Crippen LogP contribution in [0.2, 0.25) is 0 Å². The quantitative estimate of drug-likeness (QED) is 0.0964. The minimum Gasteiger partial charge on any atom is -0.311 e. The van der Waals surface area contributed by atoms with E-state index in [2.05, 4.69) is 0 Å². The Morgan fingerprint density at radius 2 is 0.804 bits per heavy atom. The zero-order chi connectivity index (χ0) is 35.6. The summed E-state index contributed by atoms with van der Waals surface area (Å²) in [4.78, 5) is -3.59. The lowest BCUT2D eigenvalue weighted by Crippen LogP contribution is -2.75. The third kappa shape index (κ3) is 7.37. The second-order valence-electron chi connectivity index (χ2n) is 9.07. The summed E-state index contributed by atoms with van der Waals surface area (Å²) >= 11 is 1.72. The topological polar surface area (TPSA) is 27.7 Å². The number of alkyl halides is 18. The summed E-state index contributed by atoms with van der Waals surface area (Å²) < 4.78 is 246. The van der Waals surface area contributed by atoms with Gasteiger partial charge in [0.05, 0.1) is 19.8 Å². The molecule has 2 aromatic rings. The Labute approximate surface area is 257 Å². The fourth-order valence-corrected chi connectivity index (χ4v) is 4.75. The summed E-state index contributed by atoms with van der Waals surface area (Å²) in [6, 6.07) is 15.1. The van der Waals surface area contributed by atoms with E-state index in [0.29, 0.717) is 11.1 Å². The van der Waals surface area contributed by atoms with Crippen molar-refractivity contribution in [3.63, 3.8) is 0 Å². The molecule has 0 bridgehead atoms. The SMILES string of the molecule is FC(F)(F)C(F)(F)C(F)(F)C(F)(F)C(F)(F)C(F)(F)C(F)(F)C(F)(F)C(Br)COP(OCc1ccccc1)OCc1ccccc1. The van der Waals surface area contributed by atoms with Crippen molar-refractivity contribution in [1.29, 1.82) is 0 Å². The number of rotatable bonds is 16. The zero-order valence-corrected chi connectivity index (χ0v) is 24.4. The Morgan fingerprint density at radius 1 is 0.478 bits per heavy atom. The van der Waals surface area contributed by atoms with Crippen LogP contribution in [-0.4, -0.2) is 59.1 Å². The predicted molar refractivity (Wildman–Crippen MR) is 129 cm³/mol. The molecule has 0 saturated carbocycles. The molecule has 2 aromatic carbocycles. The van der Waals surface area contributed by atoms with E-state index >= 15 is 0 Å². The molecule has 46 heavy (non-hydrogen) atoms. The highest BCUT2D eigenvalue weighted by Gasteiger charge is 2.95. The smallest absolute Gasteiger partial charge is 0.311 e. The molecule has 0 aliphatic rings. The van der Waals surface area contributed by atoms with Gasteiger partial charge in [-0.3, -0.25) is 0 Å². The molecule has 0 amide bonds. The van der Waals surface area contributed by atoms with Gasteiger partial charge < -0.3 is 13.6 Å². The first-order valence-electron chi connectivity index (χ1n) is 11.8. The summed E-state index contributed by atoms with van der Waals surface area (Å²) in [5.41, 5.74) is 0.787. The minimum absolute atomic E-state index is 0.393. The van der Waals surface area contributed by atoms with Gasteiger partial charge in [0.15, 0.2) is 0 Å². The summed E-state index contributed by atoms with van der Waals surface area (Å²) in [6.07, 6.45) is -7.82. The summed E-state index contributed by atoms with van der Waals surface area (Å²) in [6.45, 7) is -2.74. The molecule has 0 N–H and O–H groups in total. The van der Waals surface area contributed by atoms with Gasteiger partial charge in [0.2, 0.25) is 0 Å². The minimum atomic E-state index is -8.70. The Bertz CT molecular complexity index is 1220. The van der Waals surface area contributed by atoms with Crippen molar-refractivity contribution in [2.24, 2.45) is 0 Å². The van der Waals surface area contributed by atoms with E-state index in [1.807, 2.05) is 0 Å². The van der Waals surface area contributed by atoms with Crippen LogP contribution in [0.1, 0.15) is 11.1 Å². The molecule has 0 spiro atoms. The predicted octanol–water partition coefficient (Wildman–Crippen LogP) is 10.4. The molecular formula is C24H17BrF17O3P. The van der Waals surface area contributed by atoms with Gasteiger partial charge in [-0.05, 0) is 11.1 Å². The molecule has 1 atom stereocenters. The monoisotopic (exact) mass is 786 g/mol. The third-order valence-electron chi connectivity index (χ3n) is 5.82. The highest BCUT2D eigenvalue weighted by Crippen LogP contribution is 2.64. The average Bonchev–Trinajstić information content (AvgIpc) is 2.96. The lowest BCUT2D eigenvalue weighted by Gasteiger charge is -2.43. The number of hydrogen-bond acceptors (Lipinski definition) is 3. The molecule has 262 valence electrons. The first-order chi connectivity index (χ1) is 20.7. The van der Waals surface area contributed by atoms with Crippen molar-refractivity contribution in [2.75, 3.05) is 6.61 Å². The van der Waals surface area contributed by atoms with Crippen molar-refractivity contribution in [3.8, 4) is 0 Å².